The Morgan fingerprint density at radius 2 is 1.79 bits per heavy atom. The Kier molecular flexibility index (Phi) is 11.5. The monoisotopic (exact) mass is 684 g/mol. The van der Waals surface area contributed by atoms with Gasteiger partial charge >= 0.3 is 12.1 Å². The van der Waals surface area contributed by atoms with Gasteiger partial charge in [-0.3, -0.25) is 0 Å². The van der Waals surface area contributed by atoms with E-state index in [9.17, 15) is 27.5 Å². The lowest BCUT2D eigenvalue weighted by atomic mass is 9.94. The summed E-state index contributed by atoms with van der Waals surface area (Å²) < 4.78 is 62.6. The minimum Gasteiger partial charge on any atom is -0.490 e. The number of aliphatic carboxylic acids is 1. The minimum absolute atomic E-state index is 0.192. The Balaban J connectivity index is 0.000000225. The van der Waals surface area contributed by atoms with Crippen molar-refractivity contribution in [2.75, 3.05) is 26.3 Å². The van der Waals surface area contributed by atoms with Gasteiger partial charge in [0.2, 0.25) is 0 Å². The van der Waals surface area contributed by atoms with Crippen LogP contribution >= 0.6 is 27.5 Å². The summed E-state index contributed by atoms with van der Waals surface area (Å²) in [5.41, 5.74) is 1.89. The number of rotatable bonds is 10. The lowest BCUT2D eigenvalue weighted by molar-refractivity contribution is -0.137. The summed E-state index contributed by atoms with van der Waals surface area (Å²) in [7, 11) is 0. The van der Waals surface area contributed by atoms with Crippen LogP contribution in [0.2, 0.25) is 5.02 Å². The normalized spacial score (nSPS) is 15.0. The molecule has 0 aromatic heterocycles. The van der Waals surface area contributed by atoms with Gasteiger partial charge < -0.3 is 25.2 Å². The van der Waals surface area contributed by atoms with E-state index in [1.165, 1.54) is 18.2 Å². The van der Waals surface area contributed by atoms with Crippen molar-refractivity contribution < 1.29 is 36.9 Å². The molecule has 3 aromatic carbocycles. The molecule has 1 aliphatic heterocycles. The van der Waals surface area contributed by atoms with Crippen molar-refractivity contribution in [3.8, 4) is 11.5 Å². The number of ether oxygens (including phenoxy) is 2. The Bertz CT molecular complexity index is 1450. The molecule has 0 unspecified atom stereocenters. The molecule has 0 saturated heterocycles. The number of hydrogen-bond acceptors (Lipinski definition) is 5. The Morgan fingerprint density at radius 1 is 1.07 bits per heavy atom. The predicted molar refractivity (Wildman–Crippen MR) is 160 cm³/mol. The lowest BCUT2D eigenvalue weighted by Gasteiger charge is -2.19. The zero-order valence-corrected chi connectivity index (χ0v) is 25.3. The van der Waals surface area contributed by atoms with Gasteiger partial charge in [0.25, 0.3) is 0 Å². The van der Waals surface area contributed by atoms with Crippen LogP contribution in [0.5, 0.6) is 11.5 Å². The average Bonchev–Trinajstić information content (AvgIpc) is 3.81. The Morgan fingerprint density at radius 3 is 2.47 bits per heavy atom. The van der Waals surface area contributed by atoms with E-state index in [0.29, 0.717) is 59.3 Å². The van der Waals surface area contributed by atoms with E-state index in [1.54, 1.807) is 12.1 Å². The second kappa shape index (κ2) is 15.1. The van der Waals surface area contributed by atoms with Gasteiger partial charge in [-0.1, -0.05) is 35.9 Å². The molecule has 3 N–H and O–H groups in total. The van der Waals surface area contributed by atoms with Crippen LogP contribution in [0.3, 0.4) is 0 Å². The molecule has 3 aromatic rings. The molecule has 0 radical (unpaired) electrons. The zero-order chi connectivity index (χ0) is 31.0. The fraction of sp³-hybridized carbons (Fsp3) is 0.323. The molecule has 1 aliphatic carbocycles. The van der Waals surface area contributed by atoms with Crippen LogP contribution in [0.15, 0.2) is 70.7 Å². The number of carboxylic acid groups (broad SMARTS) is 1. The van der Waals surface area contributed by atoms with Crippen LogP contribution in [0, 0.1) is 5.82 Å². The fourth-order valence-electron chi connectivity index (χ4n) is 4.34. The first-order valence-corrected chi connectivity index (χ1v) is 14.7. The molecule has 1 saturated carbocycles. The minimum atomic E-state index is -4.38. The van der Waals surface area contributed by atoms with E-state index in [2.05, 4.69) is 26.6 Å². The molecule has 0 spiro atoms. The quantitative estimate of drug-likeness (QED) is 0.152. The number of alkyl halides is 3. The molecule has 2 aliphatic rings. The van der Waals surface area contributed by atoms with E-state index in [4.69, 9.17) is 21.1 Å². The van der Waals surface area contributed by atoms with E-state index < -0.39 is 17.7 Å². The van der Waals surface area contributed by atoms with Crippen LogP contribution in [-0.4, -0.2) is 43.4 Å². The van der Waals surface area contributed by atoms with Gasteiger partial charge in [-0.05, 0) is 88.8 Å². The molecule has 0 amide bonds. The van der Waals surface area contributed by atoms with E-state index in [1.807, 2.05) is 24.3 Å². The van der Waals surface area contributed by atoms with Crippen LogP contribution in [0.4, 0.5) is 17.6 Å². The second-order valence-corrected chi connectivity index (χ2v) is 11.1. The third kappa shape index (κ3) is 9.69. The highest BCUT2D eigenvalue weighted by Crippen LogP contribution is 2.36. The van der Waals surface area contributed by atoms with E-state index in [0.717, 1.165) is 36.6 Å². The van der Waals surface area contributed by atoms with Crippen LogP contribution in [0.1, 0.15) is 36.0 Å². The van der Waals surface area contributed by atoms with Gasteiger partial charge in [0.1, 0.15) is 30.5 Å². The zero-order valence-electron chi connectivity index (χ0n) is 22.9. The molecule has 0 atom stereocenters. The van der Waals surface area contributed by atoms with Gasteiger partial charge in [-0.15, -0.1) is 0 Å². The number of hydrogen-bond donors (Lipinski definition) is 3. The maximum atomic E-state index is 13.2. The van der Waals surface area contributed by atoms with Crippen LogP contribution in [-0.2, 0) is 17.5 Å². The topological polar surface area (TPSA) is 79.8 Å². The summed E-state index contributed by atoms with van der Waals surface area (Å²) in [5.74, 6) is -0.170. The van der Waals surface area contributed by atoms with Crippen LogP contribution in [0.25, 0.3) is 5.57 Å². The third-order valence-corrected chi connectivity index (χ3v) is 7.83. The van der Waals surface area contributed by atoms with Crippen molar-refractivity contribution in [3.05, 3.63) is 98.2 Å². The molecule has 0 bridgehead atoms. The van der Waals surface area contributed by atoms with Crippen molar-refractivity contribution >= 4 is 39.1 Å². The highest BCUT2D eigenvalue weighted by Gasteiger charge is 2.34. The summed E-state index contributed by atoms with van der Waals surface area (Å²) >= 11 is 9.04. The molecule has 1 heterocycles. The first-order valence-electron chi connectivity index (χ1n) is 13.6. The lowest BCUT2D eigenvalue weighted by Crippen LogP contribution is -2.28. The molecule has 6 nitrogen and oxygen atoms in total. The van der Waals surface area contributed by atoms with E-state index >= 15 is 0 Å². The molecular formula is C31H30BrClF4N2O4. The Hall–Kier alpha value is -3.12. The number of halogens is 6. The number of carboxylic acids is 1. The van der Waals surface area contributed by atoms with Gasteiger partial charge in [0.05, 0.1) is 20.6 Å². The Labute approximate surface area is 260 Å². The molecule has 5 rings (SSSR count). The van der Waals surface area contributed by atoms with Gasteiger partial charge in [-0.2, -0.15) is 13.2 Å². The molecule has 230 valence electrons. The maximum absolute atomic E-state index is 13.2. The SMILES string of the molecule is FC(F)(F)c1cccc(CNC2CC2)c1Cl.O=C(O)C1=C(c2ccc(OCCOc3cc(F)ccc3Br)cc2)CCNC1. The summed E-state index contributed by atoms with van der Waals surface area (Å²) in [5, 5.41) is 15.4. The van der Waals surface area contributed by atoms with Gasteiger partial charge in [0, 0.05) is 25.2 Å². The molecule has 1 fully saturated rings. The maximum Gasteiger partial charge on any atom is 0.417 e. The summed E-state index contributed by atoms with van der Waals surface area (Å²) in [6, 6.07) is 16.1. The fourth-order valence-corrected chi connectivity index (χ4v) is 5.00. The molecule has 12 heteroatoms. The number of benzene rings is 3. The van der Waals surface area contributed by atoms with Gasteiger partial charge in [-0.25, -0.2) is 9.18 Å². The summed E-state index contributed by atoms with van der Waals surface area (Å²) in [6.45, 7) is 2.10. The average molecular weight is 686 g/mol. The van der Waals surface area contributed by atoms with E-state index in [-0.39, 0.29) is 17.4 Å². The molecular weight excluding hydrogens is 656 g/mol. The first-order chi connectivity index (χ1) is 20.5. The summed E-state index contributed by atoms with van der Waals surface area (Å²) in [6.07, 6.45) is -1.52. The predicted octanol–water partition coefficient (Wildman–Crippen LogP) is 7.49. The highest BCUT2D eigenvalue weighted by molar-refractivity contribution is 9.10. The number of nitrogens with one attached hydrogen (secondary N) is 2. The highest BCUT2D eigenvalue weighted by atomic mass is 79.9. The second-order valence-electron chi connectivity index (χ2n) is 9.92. The van der Waals surface area contributed by atoms with Crippen molar-refractivity contribution in [1.29, 1.82) is 0 Å². The first kappa shape index (κ1) is 32.8. The molecule has 43 heavy (non-hydrogen) atoms. The largest absolute Gasteiger partial charge is 0.490 e. The van der Waals surface area contributed by atoms with Crippen molar-refractivity contribution in [2.24, 2.45) is 0 Å². The van der Waals surface area contributed by atoms with Crippen molar-refractivity contribution in [3.63, 3.8) is 0 Å². The smallest absolute Gasteiger partial charge is 0.417 e. The third-order valence-electron chi connectivity index (χ3n) is 6.72. The van der Waals surface area contributed by atoms with Gasteiger partial charge in [0.15, 0.2) is 0 Å². The van der Waals surface area contributed by atoms with Crippen LogP contribution < -0.4 is 20.1 Å². The van der Waals surface area contributed by atoms with Crippen molar-refractivity contribution in [2.45, 2.75) is 38.0 Å². The summed E-state index contributed by atoms with van der Waals surface area (Å²) in [4.78, 5) is 11.4. The van der Waals surface area contributed by atoms with Crippen molar-refractivity contribution in [1.82, 2.24) is 10.6 Å². The number of carbonyl (C=O) groups is 1. The standard InChI is InChI=1S/C20H19BrFNO4.C11H11ClF3N/c21-18-6-3-14(22)11-19(18)27-10-9-26-15-4-1-13(2-5-15)16-7-8-23-12-17(16)20(24)25;12-10-7(6-16-8-4-5-8)2-1-3-9(10)11(13,14)15/h1-6,11,23H,7-10,12H2,(H,24,25);1-3,8,16H,4-6H2.